The van der Waals surface area contributed by atoms with Crippen molar-refractivity contribution in [2.45, 2.75) is 39.0 Å². The van der Waals surface area contributed by atoms with Gasteiger partial charge in [-0.2, -0.15) is 0 Å². The van der Waals surface area contributed by atoms with E-state index < -0.39 is 6.16 Å². The van der Waals surface area contributed by atoms with E-state index >= 15 is 0 Å². The van der Waals surface area contributed by atoms with Crippen LogP contribution >= 0.6 is 0 Å². The summed E-state index contributed by atoms with van der Waals surface area (Å²) in [6.07, 6.45) is 4.58. The predicted octanol–water partition coefficient (Wildman–Crippen LogP) is 5.53. The summed E-state index contributed by atoms with van der Waals surface area (Å²) in [4.78, 5) is 10.9. The Labute approximate surface area is 131 Å². The van der Waals surface area contributed by atoms with Crippen molar-refractivity contribution in [3.05, 3.63) is 54.1 Å². The lowest BCUT2D eigenvalue weighted by Crippen LogP contribution is -2.04. The van der Waals surface area contributed by atoms with Crippen molar-refractivity contribution in [3.63, 3.8) is 0 Å². The Morgan fingerprint density at radius 3 is 2.50 bits per heavy atom. The fraction of sp³-hybridized carbons (Fsp3) is 0.316. The number of aryl methyl sites for hydroxylation is 1. The molecule has 0 aliphatic heterocycles. The van der Waals surface area contributed by atoms with Crippen LogP contribution in [-0.2, 0) is 6.42 Å². The van der Waals surface area contributed by atoms with E-state index in [2.05, 4.69) is 6.92 Å². The fourth-order valence-electron chi connectivity index (χ4n) is 2.51. The molecule has 116 valence electrons. The van der Waals surface area contributed by atoms with Crippen molar-refractivity contribution in [3.8, 4) is 16.9 Å². The number of ether oxygens (including phenoxy) is 1. The average Bonchev–Trinajstić information content (AvgIpc) is 2.53. The fourth-order valence-corrected chi connectivity index (χ4v) is 2.51. The number of benzene rings is 2. The minimum atomic E-state index is -1.28. The number of rotatable bonds is 7. The van der Waals surface area contributed by atoms with Crippen LogP contribution in [0.5, 0.6) is 5.75 Å². The van der Waals surface area contributed by atoms with Crippen LogP contribution in [0.15, 0.2) is 48.5 Å². The summed E-state index contributed by atoms with van der Waals surface area (Å²) >= 11 is 0. The number of carboxylic acid groups (broad SMARTS) is 1. The van der Waals surface area contributed by atoms with Gasteiger partial charge in [0, 0.05) is 5.56 Å². The second-order valence-corrected chi connectivity index (χ2v) is 5.38. The first-order valence-corrected chi connectivity index (χ1v) is 7.80. The molecule has 3 heteroatoms. The van der Waals surface area contributed by atoms with Crippen LogP contribution in [0.1, 0.15) is 38.2 Å². The molecule has 3 nitrogen and oxygen atoms in total. The summed E-state index contributed by atoms with van der Waals surface area (Å²) in [5.74, 6) is 0.385. The van der Waals surface area contributed by atoms with Crippen LogP contribution in [0.25, 0.3) is 11.1 Å². The first-order valence-electron chi connectivity index (χ1n) is 7.80. The quantitative estimate of drug-likeness (QED) is 0.415. The van der Waals surface area contributed by atoms with E-state index in [-0.39, 0.29) is 0 Å². The lowest BCUT2D eigenvalue weighted by atomic mass is 9.99. The van der Waals surface area contributed by atoms with Gasteiger partial charge in [0.1, 0.15) is 5.75 Å². The molecule has 22 heavy (non-hydrogen) atoms. The molecule has 0 saturated heterocycles. The third-order valence-corrected chi connectivity index (χ3v) is 3.65. The maximum absolute atomic E-state index is 10.9. The molecule has 0 unspecified atom stereocenters. The van der Waals surface area contributed by atoms with Gasteiger partial charge in [0.25, 0.3) is 0 Å². The lowest BCUT2D eigenvalue weighted by molar-refractivity contribution is 0.144. The Morgan fingerprint density at radius 2 is 1.82 bits per heavy atom. The molecular formula is C19H22O3. The van der Waals surface area contributed by atoms with E-state index in [1.54, 1.807) is 6.07 Å². The highest BCUT2D eigenvalue weighted by Crippen LogP contribution is 2.31. The number of unbranched alkanes of at least 4 members (excludes halogenated alkanes) is 3. The Kier molecular flexibility index (Phi) is 6.01. The van der Waals surface area contributed by atoms with Crippen molar-refractivity contribution < 1.29 is 14.6 Å². The zero-order chi connectivity index (χ0) is 15.8. The van der Waals surface area contributed by atoms with E-state index in [9.17, 15) is 4.79 Å². The molecule has 2 rings (SSSR count). The van der Waals surface area contributed by atoms with Gasteiger partial charge in [0.15, 0.2) is 0 Å². The van der Waals surface area contributed by atoms with Gasteiger partial charge in [-0.05, 0) is 36.1 Å². The highest BCUT2D eigenvalue weighted by molar-refractivity contribution is 5.74. The first-order chi connectivity index (χ1) is 10.7. The van der Waals surface area contributed by atoms with Crippen molar-refractivity contribution >= 4 is 6.16 Å². The van der Waals surface area contributed by atoms with Crippen molar-refractivity contribution in [1.29, 1.82) is 0 Å². The summed E-state index contributed by atoms with van der Waals surface area (Å²) in [7, 11) is 0. The van der Waals surface area contributed by atoms with Crippen LogP contribution < -0.4 is 4.74 Å². The van der Waals surface area contributed by atoms with Crippen molar-refractivity contribution in [1.82, 2.24) is 0 Å². The van der Waals surface area contributed by atoms with Crippen LogP contribution in [0, 0.1) is 0 Å². The molecule has 2 aromatic rings. The van der Waals surface area contributed by atoms with Gasteiger partial charge in [0.2, 0.25) is 0 Å². The largest absolute Gasteiger partial charge is 0.511 e. The third kappa shape index (κ3) is 4.62. The maximum atomic E-state index is 10.9. The molecule has 0 aromatic heterocycles. The van der Waals surface area contributed by atoms with E-state index in [0.29, 0.717) is 5.75 Å². The van der Waals surface area contributed by atoms with Crippen LogP contribution in [-0.4, -0.2) is 11.3 Å². The smallest absolute Gasteiger partial charge is 0.449 e. The number of carbonyl (C=O) groups is 1. The second kappa shape index (κ2) is 8.23. The number of hydrogen-bond donors (Lipinski definition) is 1. The SMILES string of the molecule is CCCCCCc1ccc(OC(=O)O)c(-c2ccccc2)c1. The Morgan fingerprint density at radius 1 is 1.05 bits per heavy atom. The van der Waals surface area contributed by atoms with Gasteiger partial charge in [-0.3, -0.25) is 0 Å². The van der Waals surface area contributed by atoms with Gasteiger partial charge >= 0.3 is 6.16 Å². The molecule has 2 aromatic carbocycles. The molecule has 1 N–H and O–H groups in total. The van der Waals surface area contributed by atoms with E-state index in [1.165, 1.54) is 24.8 Å². The highest BCUT2D eigenvalue weighted by Gasteiger charge is 2.10. The zero-order valence-corrected chi connectivity index (χ0v) is 12.9. The molecule has 0 spiro atoms. The topological polar surface area (TPSA) is 46.5 Å². The molecular weight excluding hydrogens is 276 g/mol. The molecule has 0 amide bonds. The molecule has 0 atom stereocenters. The summed E-state index contributed by atoms with van der Waals surface area (Å²) in [5.41, 5.74) is 3.01. The first kappa shape index (κ1) is 16.1. The molecule has 0 aliphatic rings. The summed E-state index contributed by atoms with van der Waals surface area (Å²) in [5, 5.41) is 8.89. The van der Waals surface area contributed by atoms with Crippen molar-refractivity contribution in [2.75, 3.05) is 0 Å². The van der Waals surface area contributed by atoms with Gasteiger partial charge in [-0.25, -0.2) is 4.79 Å². The average molecular weight is 298 g/mol. The van der Waals surface area contributed by atoms with Gasteiger partial charge in [0.05, 0.1) is 0 Å². The van der Waals surface area contributed by atoms with Crippen LogP contribution in [0.3, 0.4) is 0 Å². The van der Waals surface area contributed by atoms with Crippen LogP contribution in [0.2, 0.25) is 0 Å². The Bertz CT molecular complexity index is 605. The Hall–Kier alpha value is -2.29. The molecule has 0 fully saturated rings. The zero-order valence-electron chi connectivity index (χ0n) is 12.9. The van der Waals surface area contributed by atoms with Gasteiger partial charge in [-0.15, -0.1) is 0 Å². The Balaban J connectivity index is 2.23. The standard InChI is InChI=1S/C19H22O3/c1-2-3-4-6-9-15-12-13-18(22-19(20)21)17(14-15)16-10-7-5-8-11-16/h5,7-8,10-14H,2-4,6,9H2,1H3,(H,20,21). The second-order valence-electron chi connectivity index (χ2n) is 5.38. The van der Waals surface area contributed by atoms with Gasteiger partial charge < -0.3 is 9.84 Å². The third-order valence-electron chi connectivity index (χ3n) is 3.65. The molecule has 0 bridgehead atoms. The van der Waals surface area contributed by atoms with E-state index in [0.717, 1.165) is 24.0 Å². The predicted molar refractivity (Wildman–Crippen MR) is 88.4 cm³/mol. The van der Waals surface area contributed by atoms with Crippen LogP contribution in [0.4, 0.5) is 4.79 Å². The molecule has 0 radical (unpaired) electrons. The minimum Gasteiger partial charge on any atom is -0.449 e. The molecule has 0 saturated carbocycles. The van der Waals surface area contributed by atoms with Gasteiger partial charge in [-0.1, -0.05) is 62.6 Å². The molecule has 0 heterocycles. The molecule has 0 aliphatic carbocycles. The summed E-state index contributed by atoms with van der Waals surface area (Å²) in [6, 6.07) is 15.5. The normalized spacial score (nSPS) is 10.4. The van der Waals surface area contributed by atoms with E-state index in [4.69, 9.17) is 9.84 Å². The lowest BCUT2D eigenvalue weighted by Gasteiger charge is -2.11. The highest BCUT2D eigenvalue weighted by atomic mass is 16.7. The summed E-state index contributed by atoms with van der Waals surface area (Å²) in [6.45, 7) is 2.20. The monoisotopic (exact) mass is 298 g/mol. The minimum absolute atomic E-state index is 0.385. The number of hydrogen-bond acceptors (Lipinski definition) is 2. The van der Waals surface area contributed by atoms with Crippen molar-refractivity contribution in [2.24, 2.45) is 0 Å². The maximum Gasteiger partial charge on any atom is 0.511 e. The summed E-state index contributed by atoms with van der Waals surface area (Å²) < 4.78 is 4.91. The van der Waals surface area contributed by atoms with E-state index in [1.807, 2.05) is 42.5 Å².